The molecule has 0 aliphatic carbocycles. The molecule has 1 aromatic rings. The fraction of sp³-hybridized carbons (Fsp3) is 0.842. The number of nitrogens with zero attached hydrogens (tertiary/aromatic N) is 1. The highest BCUT2D eigenvalue weighted by Gasteiger charge is 2.26. The number of nitrogens with one attached hydrogen (secondary N) is 1. The van der Waals surface area contributed by atoms with Gasteiger partial charge in [-0.25, -0.2) is 4.98 Å². The van der Waals surface area contributed by atoms with Crippen LogP contribution in [-0.4, -0.2) is 9.97 Å². The molecule has 0 saturated carbocycles. The van der Waals surface area contributed by atoms with Gasteiger partial charge in [0.2, 0.25) is 0 Å². The number of rotatable bonds is 9. The first-order valence-corrected chi connectivity index (χ1v) is 8.91. The Morgan fingerprint density at radius 2 is 1.76 bits per heavy atom. The van der Waals surface area contributed by atoms with Crippen LogP contribution >= 0.6 is 0 Å². The molecule has 0 aliphatic heterocycles. The van der Waals surface area contributed by atoms with Crippen LogP contribution in [0.1, 0.15) is 104 Å². The lowest BCUT2D eigenvalue weighted by Crippen LogP contribution is -2.18. The number of aromatic nitrogens is 2. The van der Waals surface area contributed by atoms with Crippen molar-refractivity contribution >= 4 is 0 Å². The highest BCUT2D eigenvalue weighted by atomic mass is 15.0. The summed E-state index contributed by atoms with van der Waals surface area (Å²) in [7, 11) is 0. The summed E-state index contributed by atoms with van der Waals surface area (Å²) < 4.78 is 0. The maximum absolute atomic E-state index is 4.98. The van der Waals surface area contributed by atoms with Gasteiger partial charge in [0.1, 0.15) is 5.82 Å². The summed E-state index contributed by atoms with van der Waals surface area (Å²) >= 11 is 0. The standard InChI is InChI=1S/C19H36N2/c1-8-15(5)18-20-16(13-11-10-12-14(3)4)17(21-18)19(6,7)9-2/h14-15H,8-13H2,1-7H3,(H,20,21). The number of aryl methyl sites for hydroxylation is 1. The molecule has 0 radical (unpaired) electrons. The van der Waals surface area contributed by atoms with Crippen molar-refractivity contribution in [2.75, 3.05) is 0 Å². The van der Waals surface area contributed by atoms with Gasteiger partial charge in [-0.1, -0.05) is 61.3 Å². The molecule has 21 heavy (non-hydrogen) atoms. The van der Waals surface area contributed by atoms with Crippen molar-refractivity contribution in [1.82, 2.24) is 9.97 Å². The number of unbranched alkanes of at least 4 members (excludes halogenated alkanes) is 1. The number of H-pyrrole nitrogens is 1. The smallest absolute Gasteiger partial charge is 0.109 e. The first kappa shape index (κ1) is 18.3. The van der Waals surface area contributed by atoms with E-state index in [9.17, 15) is 0 Å². The van der Waals surface area contributed by atoms with Crippen molar-refractivity contribution in [3.05, 3.63) is 17.2 Å². The van der Waals surface area contributed by atoms with Crippen LogP contribution in [0.4, 0.5) is 0 Å². The van der Waals surface area contributed by atoms with Crippen LogP contribution in [-0.2, 0) is 11.8 Å². The molecule has 1 heterocycles. The molecule has 0 fully saturated rings. The van der Waals surface area contributed by atoms with Crippen molar-refractivity contribution in [2.45, 2.75) is 98.3 Å². The molecular weight excluding hydrogens is 256 g/mol. The van der Waals surface area contributed by atoms with E-state index in [4.69, 9.17) is 4.98 Å². The largest absolute Gasteiger partial charge is 0.345 e. The minimum Gasteiger partial charge on any atom is -0.345 e. The molecule has 0 saturated heterocycles. The molecule has 0 aliphatic rings. The second-order valence-corrected chi connectivity index (χ2v) is 7.64. The van der Waals surface area contributed by atoms with Gasteiger partial charge in [-0.3, -0.25) is 0 Å². The van der Waals surface area contributed by atoms with Crippen molar-refractivity contribution in [3.63, 3.8) is 0 Å². The van der Waals surface area contributed by atoms with Crippen LogP contribution in [0.2, 0.25) is 0 Å². The SMILES string of the molecule is CCC(C)c1nc(C(C)(C)CC)c(CCCCC(C)C)[nH]1. The summed E-state index contributed by atoms with van der Waals surface area (Å²) in [5, 5.41) is 0. The van der Waals surface area contributed by atoms with E-state index in [0.717, 1.165) is 25.2 Å². The molecule has 0 amide bonds. The maximum Gasteiger partial charge on any atom is 0.109 e. The van der Waals surface area contributed by atoms with Gasteiger partial charge in [-0.05, 0) is 31.6 Å². The van der Waals surface area contributed by atoms with E-state index in [1.165, 1.54) is 36.5 Å². The average Bonchev–Trinajstić information content (AvgIpc) is 2.87. The van der Waals surface area contributed by atoms with E-state index >= 15 is 0 Å². The van der Waals surface area contributed by atoms with Crippen LogP contribution in [0.5, 0.6) is 0 Å². The third kappa shape index (κ3) is 5.16. The summed E-state index contributed by atoms with van der Waals surface area (Å²) in [5.74, 6) is 2.53. The predicted molar refractivity (Wildman–Crippen MR) is 93.0 cm³/mol. The summed E-state index contributed by atoms with van der Waals surface area (Å²) in [4.78, 5) is 8.63. The molecule has 1 unspecified atom stereocenters. The van der Waals surface area contributed by atoms with Crippen LogP contribution in [0, 0.1) is 5.92 Å². The highest BCUT2D eigenvalue weighted by Crippen LogP contribution is 2.31. The van der Waals surface area contributed by atoms with Crippen LogP contribution in [0.3, 0.4) is 0 Å². The first-order chi connectivity index (χ1) is 9.81. The summed E-state index contributed by atoms with van der Waals surface area (Å²) in [5.41, 5.74) is 2.88. The Bertz CT molecular complexity index is 415. The minimum atomic E-state index is 0.176. The van der Waals surface area contributed by atoms with E-state index in [1.807, 2.05) is 0 Å². The molecular formula is C19H36N2. The Balaban J connectivity index is 2.86. The van der Waals surface area contributed by atoms with Gasteiger partial charge >= 0.3 is 0 Å². The molecule has 0 aromatic carbocycles. The van der Waals surface area contributed by atoms with E-state index in [0.29, 0.717) is 5.92 Å². The number of hydrogen-bond donors (Lipinski definition) is 1. The van der Waals surface area contributed by atoms with Gasteiger partial charge < -0.3 is 4.98 Å². The van der Waals surface area contributed by atoms with Crippen molar-refractivity contribution in [1.29, 1.82) is 0 Å². The van der Waals surface area contributed by atoms with E-state index in [-0.39, 0.29) is 5.41 Å². The summed E-state index contributed by atoms with van der Waals surface area (Å²) in [6.07, 6.45) is 7.35. The summed E-state index contributed by atoms with van der Waals surface area (Å²) in [6, 6.07) is 0. The van der Waals surface area contributed by atoms with Crippen LogP contribution in [0.15, 0.2) is 0 Å². The zero-order chi connectivity index (χ0) is 16.0. The lowest BCUT2D eigenvalue weighted by atomic mass is 9.84. The fourth-order valence-electron chi connectivity index (χ4n) is 2.62. The Morgan fingerprint density at radius 1 is 1.10 bits per heavy atom. The topological polar surface area (TPSA) is 28.7 Å². The summed E-state index contributed by atoms with van der Waals surface area (Å²) in [6.45, 7) is 16.0. The van der Waals surface area contributed by atoms with E-state index < -0.39 is 0 Å². The molecule has 2 nitrogen and oxygen atoms in total. The maximum atomic E-state index is 4.98. The molecule has 122 valence electrons. The molecule has 1 rings (SSSR count). The normalized spacial score (nSPS) is 13.9. The van der Waals surface area contributed by atoms with Gasteiger partial charge in [0.15, 0.2) is 0 Å². The monoisotopic (exact) mass is 292 g/mol. The van der Waals surface area contributed by atoms with Crippen molar-refractivity contribution < 1.29 is 0 Å². The quantitative estimate of drug-likeness (QED) is 0.557. The van der Waals surface area contributed by atoms with Gasteiger partial charge in [-0.2, -0.15) is 0 Å². The molecule has 0 spiro atoms. The Labute approximate surface area is 132 Å². The van der Waals surface area contributed by atoms with Gasteiger partial charge in [0, 0.05) is 17.0 Å². The molecule has 1 aromatic heterocycles. The molecule has 0 bridgehead atoms. The molecule has 2 heteroatoms. The third-order valence-electron chi connectivity index (χ3n) is 4.86. The predicted octanol–water partition coefficient (Wildman–Crippen LogP) is 5.98. The van der Waals surface area contributed by atoms with Crippen LogP contribution < -0.4 is 0 Å². The van der Waals surface area contributed by atoms with Crippen molar-refractivity contribution in [3.8, 4) is 0 Å². The Hall–Kier alpha value is -0.790. The van der Waals surface area contributed by atoms with Gasteiger partial charge in [0.25, 0.3) is 0 Å². The second kappa shape index (κ2) is 8.00. The highest BCUT2D eigenvalue weighted by molar-refractivity contribution is 5.24. The molecule has 1 N–H and O–H groups in total. The first-order valence-electron chi connectivity index (χ1n) is 8.91. The van der Waals surface area contributed by atoms with Crippen molar-refractivity contribution in [2.24, 2.45) is 5.92 Å². The minimum absolute atomic E-state index is 0.176. The third-order valence-corrected chi connectivity index (χ3v) is 4.86. The Kier molecular flexibility index (Phi) is 6.96. The van der Waals surface area contributed by atoms with Gasteiger partial charge in [0.05, 0.1) is 5.69 Å². The fourth-order valence-corrected chi connectivity index (χ4v) is 2.62. The second-order valence-electron chi connectivity index (χ2n) is 7.64. The Morgan fingerprint density at radius 3 is 2.29 bits per heavy atom. The average molecular weight is 293 g/mol. The number of imidazole rings is 1. The van der Waals surface area contributed by atoms with E-state index in [1.54, 1.807) is 0 Å². The molecule has 1 atom stereocenters. The number of hydrogen-bond acceptors (Lipinski definition) is 1. The zero-order valence-corrected chi connectivity index (χ0v) is 15.3. The van der Waals surface area contributed by atoms with Gasteiger partial charge in [-0.15, -0.1) is 0 Å². The zero-order valence-electron chi connectivity index (χ0n) is 15.3. The number of aromatic amines is 1. The lowest BCUT2D eigenvalue weighted by molar-refractivity contribution is 0.481. The lowest BCUT2D eigenvalue weighted by Gasteiger charge is -2.22. The van der Waals surface area contributed by atoms with E-state index in [2.05, 4.69) is 53.5 Å². The van der Waals surface area contributed by atoms with Crippen LogP contribution in [0.25, 0.3) is 0 Å².